The predicted octanol–water partition coefficient (Wildman–Crippen LogP) is 1.35. The first-order valence-electron chi connectivity index (χ1n) is 4.56. The molecule has 78 valence electrons. The van der Waals surface area contributed by atoms with E-state index in [9.17, 15) is 9.59 Å². The van der Waals surface area contributed by atoms with Gasteiger partial charge in [-0.1, -0.05) is 12.1 Å². The normalized spacial score (nSPS) is 24.2. The van der Waals surface area contributed by atoms with Gasteiger partial charge in [0.2, 0.25) is 0 Å². The minimum Gasteiger partial charge on any atom is -0.491 e. The first-order valence-corrected chi connectivity index (χ1v) is 4.56. The van der Waals surface area contributed by atoms with Gasteiger partial charge in [-0.3, -0.25) is 9.59 Å². The minimum atomic E-state index is -1.46. The van der Waals surface area contributed by atoms with Gasteiger partial charge in [-0.25, -0.2) is 0 Å². The molecule has 0 aromatic heterocycles. The van der Waals surface area contributed by atoms with Gasteiger partial charge in [0.05, 0.1) is 5.56 Å². The molecule has 1 aliphatic heterocycles. The Labute approximate surface area is 86.5 Å². The first kappa shape index (κ1) is 9.71. The van der Waals surface area contributed by atoms with E-state index in [1.807, 2.05) is 0 Å². The summed E-state index contributed by atoms with van der Waals surface area (Å²) in [4.78, 5) is 22.9. The molecule has 4 heteroatoms. The Bertz CT molecular complexity index is 438. The van der Waals surface area contributed by atoms with Crippen LogP contribution in [0.1, 0.15) is 17.3 Å². The van der Waals surface area contributed by atoms with Gasteiger partial charge in [-0.05, 0) is 19.1 Å². The molecule has 1 aromatic rings. The molecule has 0 saturated heterocycles. The summed E-state index contributed by atoms with van der Waals surface area (Å²) in [6.45, 7) is 1.27. The van der Waals surface area contributed by atoms with Crippen LogP contribution in [0.4, 0.5) is 0 Å². The van der Waals surface area contributed by atoms with Crippen LogP contribution in [0.3, 0.4) is 0 Å². The third kappa shape index (κ3) is 1.29. The quantitative estimate of drug-likeness (QED) is 0.704. The van der Waals surface area contributed by atoms with Crippen LogP contribution in [0.5, 0.6) is 5.75 Å². The largest absolute Gasteiger partial charge is 0.491 e. The van der Waals surface area contributed by atoms with E-state index in [1.54, 1.807) is 24.3 Å². The van der Waals surface area contributed by atoms with Crippen molar-refractivity contribution in [2.45, 2.75) is 6.92 Å². The van der Waals surface area contributed by atoms with Gasteiger partial charge >= 0.3 is 5.97 Å². The van der Waals surface area contributed by atoms with Gasteiger partial charge in [0.25, 0.3) is 0 Å². The first-order chi connectivity index (χ1) is 7.05. The zero-order valence-corrected chi connectivity index (χ0v) is 8.19. The number of ether oxygens (including phenoxy) is 1. The van der Waals surface area contributed by atoms with Crippen molar-refractivity contribution in [3.8, 4) is 5.75 Å². The van der Waals surface area contributed by atoms with E-state index in [0.717, 1.165) is 0 Å². The number of carboxylic acid groups (broad SMARTS) is 1. The molecule has 4 nitrogen and oxygen atoms in total. The fourth-order valence-corrected chi connectivity index (χ4v) is 1.52. The number of carbonyl (C=O) groups excluding carboxylic acids is 1. The summed E-state index contributed by atoms with van der Waals surface area (Å²) in [6, 6.07) is 6.68. The topological polar surface area (TPSA) is 63.6 Å². The molecular weight excluding hydrogens is 196 g/mol. The van der Waals surface area contributed by atoms with Crippen LogP contribution in [-0.4, -0.2) is 23.5 Å². The Morgan fingerprint density at radius 3 is 2.80 bits per heavy atom. The Morgan fingerprint density at radius 2 is 2.13 bits per heavy atom. The number of ketones is 1. The Balaban J connectivity index is 2.51. The van der Waals surface area contributed by atoms with E-state index >= 15 is 0 Å². The number of fused-ring (bicyclic) bond motifs is 1. The van der Waals surface area contributed by atoms with Crippen molar-refractivity contribution < 1.29 is 19.4 Å². The lowest BCUT2D eigenvalue weighted by atomic mass is 9.81. The zero-order chi connectivity index (χ0) is 11.1. The van der Waals surface area contributed by atoms with Crippen LogP contribution in [0, 0.1) is 5.41 Å². The van der Waals surface area contributed by atoms with Crippen LogP contribution in [-0.2, 0) is 4.79 Å². The summed E-state index contributed by atoms with van der Waals surface area (Å²) in [6.07, 6.45) is 0. The van der Waals surface area contributed by atoms with Crippen LogP contribution in [0.25, 0.3) is 0 Å². The molecular formula is C11H10O4. The maximum Gasteiger partial charge on any atom is 0.320 e. The second kappa shape index (κ2) is 3.08. The predicted molar refractivity (Wildman–Crippen MR) is 52.0 cm³/mol. The molecule has 1 unspecified atom stereocenters. The van der Waals surface area contributed by atoms with E-state index in [1.165, 1.54) is 6.92 Å². The lowest BCUT2D eigenvalue weighted by Crippen LogP contribution is -2.44. The van der Waals surface area contributed by atoms with Crippen molar-refractivity contribution in [1.82, 2.24) is 0 Å². The summed E-state index contributed by atoms with van der Waals surface area (Å²) >= 11 is 0. The molecule has 1 aliphatic rings. The molecule has 0 spiro atoms. The van der Waals surface area contributed by atoms with Crippen LogP contribution in [0.2, 0.25) is 0 Å². The van der Waals surface area contributed by atoms with Gasteiger partial charge in [0.1, 0.15) is 12.4 Å². The van der Waals surface area contributed by atoms with E-state index in [-0.39, 0.29) is 6.61 Å². The number of carboxylic acids is 1. The maximum atomic E-state index is 11.9. The van der Waals surface area contributed by atoms with E-state index in [0.29, 0.717) is 11.3 Å². The third-order valence-corrected chi connectivity index (χ3v) is 2.62. The molecule has 2 rings (SSSR count). The highest BCUT2D eigenvalue weighted by molar-refractivity contribution is 6.13. The molecule has 0 bridgehead atoms. The number of hydrogen-bond acceptors (Lipinski definition) is 3. The van der Waals surface area contributed by atoms with Gasteiger partial charge in [0.15, 0.2) is 11.2 Å². The number of carbonyl (C=O) groups is 2. The molecule has 0 amide bonds. The average molecular weight is 206 g/mol. The van der Waals surface area contributed by atoms with Crippen molar-refractivity contribution in [2.75, 3.05) is 6.61 Å². The molecule has 0 saturated carbocycles. The highest BCUT2D eigenvalue weighted by Crippen LogP contribution is 2.34. The number of Topliss-reactive ketones (excluding diaryl/α,β-unsaturated/α-hetero) is 1. The van der Waals surface area contributed by atoms with E-state index < -0.39 is 17.2 Å². The van der Waals surface area contributed by atoms with Crippen molar-refractivity contribution in [2.24, 2.45) is 5.41 Å². The lowest BCUT2D eigenvalue weighted by molar-refractivity contribution is -0.146. The molecule has 1 N–H and O–H groups in total. The summed E-state index contributed by atoms with van der Waals surface area (Å²) < 4.78 is 5.27. The molecule has 1 aromatic carbocycles. The molecule has 0 aliphatic carbocycles. The highest BCUT2D eigenvalue weighted by atomic mass is 16.5. The van der Waals surface area contributed by atoms with Crippen molar-refractivity contribution in [3.05, 3.63) is 29.8 Å². The average Bonchev–Trinajstić information content (AvgIpc) is 2.24. The van der Waals surface area contributed by atoms with E-state index in [2.05, 4.69) is 0 Å². The fraction of sp³-hybridized carbons (Fsp3) is 0.273. The zero-order valence-electron chi connectivity index (χ0n) is 8.19. The summed E-state index contributed by atoms with van der Waals surface area (Å²) in [7, 11) is 0. The fourth-order valence-electron chi connectivity index (χ4n) is 1.52. The Hall–Kier alpha value is -1.84. The van der Waals surface area contributed by atoms with Crippen molar-refractivity contribution >= 4 is 11.8 Å². The number of rotatable bonds is 1. The molecule has 15 heavy (non-hydrogen) atoms. The van der Waals surface area contributed by atoms with Gasteiger partial charge in [0, 0.05) is 0 Å². The summed E-state index contributed by atoms with van der Waals surface area (Å²) in [5.74, 6) is -1.08. The van der Waals surface area contributed by atoms with Crippen LogP contribution < -0.4 is 4.74 Å². The summed E-state index contributed by atoms with van der Waals surface area (Å²) in [5.41, 5.74) is -1.12. The second-order valence-corrected chi connectivity index (χ2v) is 3.75. The highest BCUT2D eigenvalue weighted by Gasteiger charge is 2.46. The molecule has 1 atom stereocenters. The number of aliphatic carboxylic acids is 1. The van der Waals surface area contributed by atoms with E-state index in [4.69, 9.17) is 9.84 Å². The van der Waals surface area contributed by atoms with Crippen LogP contribution in [0.15, 0.2) is 24.3 Å². The number of para-hydroxylation sites is 1. The molecule has 0 radical (unpaired) electrons. The Morgan fingerprint density at radius 1 is 1.47 bits per heavy atom. The lowest BCUT2D eigenvalue weighted by Gasteiger charge is -2.29. The third-order valence-electron chi connectivity index (χ3n) is 2.62. The monoisotopic (exact) mass is 206 g/mol. The Kier molecular flexibility index (Phi) is 2.00. The van der Waals surface area contributed by atoms with Gasteiger partial charge in [-0.15, -0.1) is 0 Å². The smallest absolute Gasteiger partial charge is 0.320 e. The van der Waals surface area contributed by atoms with Gasteiger partial charge in [-0.2, -0.15) is 0 Å². The molecule has 1 heterocycles. The van der Waals surface area contributed by atoms with Gasteiger partial charge < -0.3 is 9.84 Å². The van der Waals surface area contributed by atoms with Crippen LogP contribution >= 0.6 is 0 Å². The minimum absolute atomic E-state index is 0.113. The number of hydrogen-bond donors (Lipinski definition) is 1. The maximum absolute atomic E-state index is 11.9. The number of benzene rings is 1. The SMILES string of the molecule is CC1(C(=O)O)COc2ccccc2C1=O. The standard InChI is InChI=1S/C11H10O4/c1-11(10(13)14)6-15-8-5-3-2-4-7(8)9(11)12/h2-5H,6H2,1H3,(H,13,14). The molecule has 0 fully saturated rings. The van der Waals surface area contributed by atoms with Crippen molar-refractivity contribution in [3.63, 3.8) is 0 Å². The summed E-state index contributed by atoms with van der Waals surface area (Å²) in [5, 5.41) is 8.99. The second-order valence-electron chi connectivity index (χ2n) is 3.75. The van der Waals surface area contributed by atoms with Crippen molar-refractivity contribution in [1.29, 1.82) is 0 Å².